The highest BCUT2D eigenvalue weighted by Crippen LogP contribution is 2.64. The van der Waals surface area contributed by atoms with Crippen LogP contribution in [0.3, 0.4) is 0 Å². The molecule has 0 N–H and O–H groups in total. The molecule has 3 aliphatic rings. The topological polar surface area (TPSA) is 50.8 Å². The second-order valence-corrected chi connectivity index (χ2v) is 13.1. The fourth-order valence-corrected chi connectivity index (χ4v) is 8.70. The molecule has 1 spiro atoms. The van der Waals surface area contributed by atoms with Crippen LogP contribution in [0.25, 0.3) is 27.8 Å². The van der Waals surface area contributed by atoms with Crippen molar-refractivity contribution in [1.29, 1.82) is 10.5 Å². The van der Waals surface area contributed by atoms with Crippen LogP contribution in [0.5, 0.6) is 0 Å². The number of nitriles is 2. The van der Waals surface area contributed by atoms with E-state index >= 15 is 0 Å². The molecular weight excluding hydrogens is 607 g/mol. The molecule has 0 bridgehead atoms. The summed E-state index contributed by atoms with van der Waals surface area (Å²) in [5, 5.41) is 20.3. The summed E-state index contributed by atoms with van der Waals surface area (Å²) in [4.78, 5) is 2.40. The van der Waals surface area contributed by atoms with Crippen molar-refractivity contribution >= 4 is 22.6 Å². The first-order valence-corrected chi connectivity index (χ1v) is 17.0. The Morgan fingerprint density at radius 2 is 1.06 bits per heavy atom. The highest BCUT2D eigenvalue weighted by molar-refractivity contribution is 5.93. The summed E-state index contributed by atoms with van der Waals surface area (Å²) in [6.07, 6.45) is 8.64. The van der Waals surface area contributed by atoms with Crippen molar-refractivity contribution in [3.63, 3.8) is 0 Å². The number of nitrogens with zero attached hydrogens (tertiary/aromatic N) is 3. The number of rotatable bonds is 3. The van der Waals surface area contributed by atoms with E-state index in [1.807, 2.05) is 12.1 Å². The van der Waals surface area contributed by atoms with Gasteiger partial charge in [0.2, 0.25) is 0 Å². The van der Waals surface area contributed by atoms with E-state index in [4.69, 9.17) is 0 Å². The molecule has 2 atom stereocenters. The zero-order chi connectivity index (χ0) is 33.7. The Hall–Kier alpha value is -6.68. The number of para-hydroxylation sites is 2. The molecule has 0 aromatic heterocycles. The summed E-state index contributed by atoms with van der Waals surface area (Å²) in [5.74, 6) is -0.220. The standard InChI is InChI=1S/C47H31N3/c48-30-36(31-49)46-38-20-4-6-22-40(38)47(41-23-7-5-21-39(41)46)42-24-8-10-26-44(42)50(45-27-11-9-25-43(45)47)37-19-13-18-35(29-37)34-17-12-16-33(28-34)32-14-2-1-3-15-32/h1-29,38,40H. The van der Waals surface area contributed by atoms with Crippen LogP contribution in [0, 0.1) is 34.5 Å². The van der Waals surface area contributed by atoms with Gasteiger partial charge in [0.25, 0.3) is 0 Å². The Morgan fingerprint density at radius 3 is 1.76 bits per heavy atom. The van der Waals surface area contributed by atoms with E-state index < -0.39 is 5.41 Å². The lowest BCUT2D eigenvalue weighted by Gasteiger charge is -2.54. The molecular formula is C47H31N3. The number of benzene rings is 6. The van der Waals surface area contributed by atoms with Gasteiger partial charge in [0.1, 0.15) is 17.7 Å². The highest BCUT2D eigenvalue weighted by atomic mass is 15.2. The van der Waals surface area contributed by atoms with Gasteiger partial charge in [-0.25, -0.2) is 0 Å². The molecule has 6 aromatic rings. The number of fused-ring (bicyclic) bond motifs is 8. The molecule has 0 fully saturated rings. The lowest BCUT2D eigenvalue weighted by atomic mass is 9.50. The summed E-state index contributed by atoms with van der Waals surface area (Å²) in [7, 11) is 0. The maximum absolute atomic E-state index is 10.2. The first-order chi connectivity index (χ1) is 24.7. The zero-order valence-corrected chi connectivity index (χ0v) is 27.2. The van der Waals surface area contributed by atoms with E-state index in [0.29, 0.717) is 0 Å². The van der Waals surface area contributed by atoms with Gasteiger partial charge in [-0.3, -0.25) is 0 Å². The van der Waals surface area contributed by atoms with Gasteiger partial charge >= 0.3 is 0 Å². The van der Waals surface area contributed by atoms with Crippen molar-refractivity contribution in [3.05, 3.63) is 204 Å². The van der Waals surface area contributed by atoms with Gasteiger partial charge in [-0.15, -0.1) is 0 Å². The summed E-state index contributed by atoms with van der Waals surface area (Å²) in [5.41, 5.74) is 12.9. The second kappa shape index (κ2) is 11.8. The minimum absolute atomic E-state index is 0.0642. The third-order valence-electron chi connectivity index (χ3n) is 10.7. The monoisotopic (exact) mass is 637 g/mol. The SMILES string of the molecule is N#CC(C#N)=C1c2ccccc2C2(c3ccccc3N(c3cccc(-c4cccc(-c5ccccc5)c4)c3)c3ccccc32)C2C=CC=CC12. The Bertz CT molecular complexity index is 2420. The molecule has 2 unspecified atom stereocenters. The molecule has 1 heterocycles. The van der Waals surface area contributed by atoms with Crippen LogP contribution in [0.15, 0.2) is 182 Å². The number of hydrogen-bond donors (Lipinski definition) is 0. The minimum Gasteiger partial charge on any atom is -0.310 e. The van der Waals surface area contributed by atoms with Crippen LogP contribution in [0.4, 0.5) is 17.1 Å². The van der Waals surface area contributed by atoms with Crippen LogP contribution in [-0.4, -0.2) is 0 Å². The maximum atomic E-state index is 10.2. The van der Waals surface area contributed by atoms with E-state index in [0.717, 1.165) is 44.9 Å². The smallest absolute Gasteiger partial charge is 0.134 e. The van der Waals surface area contributed by atoms with Crippen molar-refractivity contribution in [2.24, 2.45) is 11.8 Å². The van der Waals surface area contributed by atoms with E-state index in [2.05, 4.69) is 181 Å². The molecule has 0 saturated carbocycles. The van der Waals surface area contributed by atoms with Crippen LogP contribution < -0.4 is 4.90 Å². The molecule has 0 radical (unpaired) electrons. The number of allylic oxidation sites excluding steroid dienone is 6. The van der Waals surface area contributed by atoms with Gasteiger partial charge in [-0.1, -0.05) is 146 Å². The summed E-state index contributed by atoms with van der Waals surface area (Å²) >= 11 is 0. The largest absolute Gasteiger partial charge is 0.310 e. The van der Waals surface area contributed by atoms with E-state index in [-0.39, 0.29) is 17.4 Å². The van der Waals surface area contributed by atoms with Gasteiger partial charge in [0.05, 0.1) is 16.8 Å². The lowest BCUT2D eigenvalue weighted by Crippen LogP contribution is -2.48. The van der Waals surface area contributed by atoms with Crippen LogP contribution in [0.1, 0.15) is 22.3 Å². The molecule has 50 heavy (non-hydrogen) atoms. The fourth-order valence-electron chi connectivity index (χ4n) is 8.70. The Labute approximate surface area is 292 Å². The number of anilines is 3. The number of hydrogen-bond acceptors (Lipinski definition) is 3. The molecule has 3 nitrogen and oxygen atoms in total. The molecule has 234 valence electrons. The average Bonchev–Trinajstić information content (AvgIpc) is 3.19. The predicted molar refractivity (Wildman–Crippen MR) is 202 cm³/mol. The second-order valence-electron chi connectivity index (χ2n) is 13.1. The first-order valence-electron chi connectivity index (χ1n) is 17.0. The van der Waals surface area contributed by atoms with Crippen molar-refractivity contribution < 1.29 is 0 Å². The molecule has 9 rings (SSSR count). The molecule has 0 amide bonds. The van der Waals surface area contributed by atoms with Gasteiger partial charge in [-0.2, -0.15) is 10.5 Å². The Kier molecular flexibility index (Phi) is 6.94. The quantitative estimate of drug-likeness (QED) is 0.181. The van der Waals surface area contributed by atoms with Crippen molar-refractivity contribution in [3.8, 4) is 34.4 Å². The molecule has 1 aliphatic heterocycles. The predicted octanol–water partition coefficient (Wildman–Crippen LogP) is 11.3. The Morgan fingerprint density at radius 1 is 0.520 bits per heavy atom. The maximum Gasteiger partial charge on any atom is 0.134 e. The van der Waals surface area contributed by atoms with Gasteiger partial charge in [0, 0.05) is 17.5 Å². The fraction of sp³-hybridized carbons (Fsp3) is 0.0638. The van der Waals surface area contributed by atoms with E-state index in [1.165, 1.54) is 22.3 Å². The third-order valence-corrected chi connectivity index (χ3v) is 10.7. The van der Waals surface area contributed by atoms with Gasteiger partial charge in [-0.05, 0) is 80.4 Å². The molecule has 6 aromatic carbocycles. The third kappa shape index (κ3) is 4.28. The van der Waals surface area contributed by atoms with Crippen LogP contribution in [-0.2, 0) is 5.41 Å². The van der Waals surface area contributed by atoms with E-state index in [9.17, 15) is 10.5 Å². The van der Waals surface area contributed by atoms with Crippen molar-refractivity contribution in [1.82, 2.24) is 0 Å². The first kappa shape index (κ1) is 29.5. The van der Waals surface area contributed by atoms with Gasteiger partial charge in [0.15, 0.2) is 0 Å². The lowest BCUT2D eigenvalue weighted by molar-refractivity contribution is 0.382. The van der Waals surface area contributed by atoms with Crippen LogP contribution in [0.2, 0.25) is 0 Å². The molecule has 2 aliphatic carbocycles. The normalized spacial score (nSPS) is 17.5. The summed E-state index contributed by atoms with van der Waals surface area (Å²) < 4.78 is 0. The minimum atomic E-state index is -0.576. The van der Waals surface area contributed by atoms with E-state index in [1.54, 1.807) is 0 Å². The average molecular weight is 638 g/mol. The zero-order valence-electron chi connectivity index (χ0n) is 27.2. The van der Waals surface area contributed by atoms with Gasteiger partial charge < -0.3 is 4.90 Å². The van der Waals surface area contributed by atoms with Crippen molar-refractivity contribution in [2.75, 3.05) is 4.90 Å². The highest BCUT2D eigenvalue weighted by Gasteiger charge is 2.56. The molecule has 0 saturated heterocycles. The molecule has 3 heteroatoms. The van der Waals surface area contributed by atoms with Crippen molar-refractivity contribution in [2.45, 2.75) is 5.41 Å². The Balaban J connectivity index is 1.28. The summed E-state index contributed by atoms with van der Waals surface area (Å²) in [6, 6.07) is 58.5. The summed E-state index contributed by atoms with van der Waals surface area (Å²) in [6.45, 7) is 0. The van der Waals surface area contributed by atoms with Crippen LogP contribution >= 0.6 is 0 Å².